The summed E-state index contributed by atoms with van der Waals surface area (Å²) in [4.78, 5) is 39.5. The Bertz CT molecular complexity index is 1310. The van der Waals surface area contributed by atoms with Crippen molar-refractivity contribution in [2.45, 2.75) is 18.7 Å². The number of nitrogens with zero attached hydrogens (tertiary/aromatic N) is 3. The number of urea groups is 1. The van der Waals surface area contributed by atoms with Crippen molar-refractivity contribution < 1.29 is 27.9 Å². The molecule has 0 saturated carbocycles. The van der Waals surface area contributed by atoms with Gasteiger partial charge in [0.05, 0.1) is 12.7 Å². The number of hydrogen-bond acceptors (Lipinski definition) is 5. The van der Waals surface area contributed by atoms with Crippen molar-refractivity contribution in [1.29, 1.82) is 0 Å². The molecule has 0 unspecified atom stereocenters. The first kappa shape index (κ1) is 21.6. The Morgan fingerprint density at radius 1 is 1.12 bits per heavy atom. The van der Waals surface area contributed by atoms with Gasteiger partial charge >= 0.3 is 12.6 Å². The number of aryl methyl sites for hydroxylation is 1. The van der Waals surface area contributed by atoms with Gasteiger partial charge in [-0.25, -0.2) is 4.79 Å². The Labute approximate surface area is 192 Å². The normalized spacial score (nSPS) is 19.4. The number of nitrogens with one attached hydrogen (secondary N) is 2. The van der Waals surface area contributed by atoms with Crippen LogP contribution in [0.4, 0.5) is 13.6 Å². The summed E-state index contributed by atoms with van der Waals surface area (Å²) in [6, 6.07) is 10.5. The quantitative estimate of drug-likeness (QED) is 0.542. The highest BCUT2D eigenvalue weighted by Crippen LogP contribution is 2.33. The number of hydrogen-bond donors (Lipinski definition) is 2. The molecule has 174 valence electrons. The van der Waals surface area contributed by atoms with Crippen molar-refractivity contribution in [2.24, 2.45) is 7.05 Å². The van der Waals surface area contributed by atoms with Gasteiger partial charge in [-0.3, -0.25) is 19.6 Å². The lowest BCUT2D eigenvalue weighted by atomic mass is 9.88. The molecular weight excluding hydrogens is 448 g/mol. The highest BCUT2D eigenvalue weighted by atomic mass is 19.3. The van der Waals surface area contributed by atoms with Crippen LogP contribution in [0.25, 0.3) is 11.1 Å². The molecule has 1 atom stereocenters. The van der Waals surface area contributed by atoms with E-state index in [2.05, 4.69) is 20.5 Å². The highest BCUT2D eigenvalue weighted by Gasteiger charge is 2.50. The summed E-state index contributed by atoms with van der Waals surface area (Å²) in [6.07, 6.45) is 3.56. The van der Waals surface area contributed by atoms with E-state index >= 15 is 0 Å². The van der Waals surface area contributed by atoms with Gasteiger partial charge in [-0.15, -0.1) is 0 Å². The molecule has 0 spiro atoms. The third-order valence-electron chi connectivity index (χ3n) is 5.97. The van der Waals surface area contributed by atoms with Crippen LogP contribution in [-0.4, -0.2) is 45.7 Å². The van der Waals surface area contributed by atoms with Gasteiger partial charge in [-0.2, -0.15) is 13.9 Å². The Morgan fingerprint density at radius 2 is 1.88 bits per heavy atom. The molecule has 2 aliphatic heterocycles. The first-order chi connectivity index (χ1) is 16.2. The smallest absolute Gasteiger partial charge is 0.387 e. The van der Waals surface area contributed by atoms with Crippen LogP contribution in [0.2, 0.25) is 0 Å². The van der Waals surface area contributed by atoms with Crippen LogP contribution < -0.4 is 15.4 Å². The van der Waals surface area contributed by atoms with E-state index in [4.69, 9.17) is 0 Å². The number of carbonyl (C=O) groups is 3. The van der Waals surface area contributed by atoms with Crippen LogP contribution in [0.15, 0.2) is 54.9 Å². The zero-order chi connectivity index (χ0) is 24.0. The van der Waals surface area contributed by atoms with E-state index in [0.29, 0.717) is 11.1 Å². The van der Waals surface area contributed by atoms with Crippen molar-refractivity contribution in [3.05, 3.63) is 71.5 Å². The van der Waals surface area contributed by atoms with Crippen LogP contribution in [0.1, 0.15) is 21.5 Å². The fraction of sp³-hybridized carbons (Fsp3) is 0.217. The number of alkyl halides is 2. The van der Waals surface area contributed by atoms with Crippen LogP contribution >= 0.6 is 0 Å². The van der Waals surface area contributed by atoms with Crippen LogP contribution in [0.3, 0.4) is 0 Å². The highest BCUT2D eigenvalue weighted by molar-refractivity contribution is 6.08. The Hall–Kier alpha value is -4.28. The van der Waals surface area contributed by atoms with Crippen molar-refractivity contribution >= 4 is 17.8 Å². The summed E-state index contributed by atoms with van der Waals surface area (Å²) in [7, 11) is 1.80. The predicted molar refractivity (Wildman–Crippen MR) is 115 cm³/mol. The van der Waals surface area contributed by atoms with Crippen molar-refractivity contribution in [3.8, 4) is 16.9 Å². The Morgan fingerprint density at radius 3 is 2.50 bits per heavy atom. The van der Waals surface area contributed by atoms with Crippen molar-refractivity contribution in [3.63, 3.8) is 0 Å². The monoisotopic (exact) mass is 467 g/mol. The van der Waals surface area contributed by atoms with Gasteiger partial charge in [0, 0.05) is 30.9 Å². The number of halogens is 2. The fourth-order valence-corrected chi connectivity index (χ4v) is 4.35. The number of carbonyl (C=O) groups excluding carboxylic acids is 3. The summed E-state index contributed by atoms with van der Waals surface area (Å²) in [5.41, 5.74) is 1.56. The molecule has 1 fully saturated rings. The molecule has 5 rings (SSSR count). The number of rotatable bonds is 6. The molecule has 2 aliphatic rings. The third-order valence-corrected chi connectivity index (χ3v) is 5.97. The van der Waals surface area contributed by atoms with Gasteiger partial charge in [0.25, 0.3) is 11.8 Å². The molecule has 11 heteroatoms. The number of amides is 4. The third kappa shape index (κ3) is 3.64. The minimum Gasteiger partial charge on any atom is -0.435 e. The van der Waals surface area contributed by atoms with Crippen LogP contribution in [-0.2, 0) is 23.9 Å². The summed E-state index contributed by atoms with van der Waals surface area (Å²) in [6.45, 7) is -3.00. The van der Waals surface area contributed by atoms with Gasteiger partial charge in [0.15, 0.2) is 5.54 Å². The number of ether oxygens (including phenoxy) is 1. The Balaban J connectivity index is 1.45. The minimum absolute atomic E-state index is 0.128. The average molecular weight is 467 g/mol. The lowest BCUT2D eigenvalue weighted by Crippen LogP contribution is -2.52. The molecule has 0 radical (unpaired) electrons. The van der Waals surface area contributed by atoms with E-state index in [1.165, 1.54) is 23.1 Å². The van der Waals surface area contributed by atoms with Crippen molar-refractivity contribution in [2.75, 3.05) is 6.54 Å². The van der Waals surface area contributed by atoms with E-state index < -0.39 is 30.0 Å². The second kappa shape index (κ2) is 7.94. The second-order valence-electron chi connectivity index (χ2n) is 8.15. The van der Waals surface area contributed by atoms with E-state index in [0.717, 1.165) is 11.1 Å². The summed E-state index contributed by atoms with van der Waals surface area (Å²) in [5.74, 6) is -1.16. The molecule has 3 aromatic rings. The largest absolute Gasteiger partial charge is 0.435 e. The summed E-state index contributed by atoms with van der Waals surface area (Å²) in [5, 5.41) is 9.08. The molecule has 9 nitrogen and oxygen atoms in total. The topological polar surface area (TPSA) is 106 Å². The maximum absolute atomic E-state index is 13.1. The molecule has 2 N–H and O–H groups in total. The average Bonchev–Trinajstić information content (AvgIpc) is 3.45. The van der Waals surface area contributed by atoms with Crippen LogP contribution in [0, 0.1) is 0 Å². The standard InChI is InChI=1S/C23H19F2N5O4/c1-29-10-15(9-26-29)13-2-5-16(6-3-13)23(20(32)27-22(33)28-23)12-30-11-14-4-7-17(34-21(24)25)8-18(14)19(30)31/h2-10,21H,11-12H2,1H3,(H2,27,28,32,33)/t23-/m0/s1. The van der Waals surface area contributed by atoms with Crippen molar-refractivity contribution in [1.82, 2.24) is 25.3 Å². The van der Waals surface area contributed by atoms with Gasteiger partial charge in [-0.05, 0) is 28.8 Å². The number of benzene rings is 2. The maximum Gasteiger partial charge on any atom is 0.387 e. The first-order valence-electron chi connectivity index (χ1n) is 10.4. The van der Waals surface area contributed by atoms with E-state index in [1.54, 1.807) is 42.2 Å². The SMILES string of the molecule is Cn1cc(-c2ccc([C@]3(CN4Cc5ccc(OC(F)F)cc5C4=O)NC(=O)NC3=O)cc2)cn1. The van der Waals surface area contributed by atoms with E-state index in [-0.39, 0.29) is 24.4 Å². The lowest BCUT2D eigenvalue weighted by molar-refractivity contribution is -0.124. The molecule has 0 bridgehead atoms. The minimum atomic E-state index is -3.01. The second-order valence-corrected chi connectivity index (χ2v) is 8.15. The first-order valence-corrected chi connectivity index (χ1v) is 10.4. The molecule has 3 heterocycles. The molecule has 34 heavy (non-hydrogen) atoms. The predicted octanol–water partition coefficient (Wildman–Crippen LogP) is 2.38. The van der Waals surface area contributed by atoms with Gasteiger partial charge < -0.3 is 15.0 Å². The number of imide groups is 1. The van der Waals surface area contributed by atoms with Gasteiger partial charge in [0.2, 0.25) is 0 Å². The van der Waals surface area contributed by atoms with E-state index in [9.17, 15) is 23.2 Å². The zero-order valence-electron chi connectivity index (χ0n) is 17.9. The van der Waals surface area contributed by atoms with E-state index in [1.807, 2.05) is 6.20 Å². The molecule has 1 saturated heterocycles. The maximum atomic E-state index is 13.1. The molecule has 0 aliphatic carbocycles. The molecule has 4 amide bonds. The molecule has 2 aromatic carbocycles. The summed E-state index contributed by atoms with van der Waals surface area (Å²) < 4.78 is 31.2. The molecular formula is C23H19F2N5O4. The fourth-order valence-electron chi connectivity index (χ4n) is 4.35. The lowest BCUT2D eigenvalue weighted by Gasteiger charge is -2.31. The van der Waals surface area contributed by atoms with Gasteiger partial charge in [0.1, 0.15) is 5.75 Å². The van der Waals surface area contributed by atoms with Crippen LogP contribution in [0.5, 0.6) is 5.75 Å². The van der Waals surface area contributed by atoms with Gasteiger partial charge in [-0.1, -0.05) is 30.3 Å². The summed E-state index contributed by atoms with van der Waals surface area (Å²) >= 11 is 0. The zero-order valence-corrected chi connectivity index (χ0v) is 17.9. The number of aromatic nitrogens is 2. The number of fused-ring (bicyclic) bond motifs is 1. The Kier molecular flexibility index (Phi) is 5.03. The molecule has 1 aromatic heterocycles.